The molecule has 40 heavy (non-hydrogen) atoms. The molecular formula is C31H34ClN3O5. The standard InChI is InChI=1S/C31H34ClN3O5/c1-18-6-3-4-9-23(18)34-29(37)27-31-15-14-24(40-31)25(28(36)33-21-7-5-8-22(16-21)39-2)26(31)30(38)35(27)17-19-10-12-20(32)13-11-19/h5,7-8,10-16,18,23-27H,3-4,6,9,17H2,1-2H3,(H,33,36)(H,34,37)/t18?,23?,24-,25?,26-,27?,31?/m1/s1. The van der Waals surface area contributed by atoms with Crippen LogP contribution in [0.4, 0.5) is 5.69 Å². The number of likely N-dealkylation sites (tertiary alicyclic amines) is 1. The first-order valence-corrected chi connectivity index (χ1v) is 14.4. The summed E-state index contributed by atoms with van der Waals surface area (Å²) in [5.74, 6) is -1.45. The lowest BCUT2D eigenvalue weighted by Gasteiger charge is -2.36. The van der Waals surface area contributed by atoms with Crippen LogP contribution in [0.15, 0.2) is 60.7 Å². The summed E-state index contributed by atoms with van der Waals surface area (Å²) < 4.78 is 11.8. The second-order valence-electron chi connectivity index (χ2n) is 11.4. The maximum absolute atomic E-state index is 14.2. The highest BCUT2D eigenvalue weighted by molar-refractivity contribution is 6.30. The molecule has 3 amide bonds. The molecule has 9 heteroatoms. The number of hydrogen-bond donors (Lipinski definition) is 2. The van der Waals surface area contributed by atoms with Crippen molar-refractivity contribution in [3.05, 3.63) is 71.3 Å². The van der Waals surface area contributed by atoms with E-state index in [0.29, 0.717) is 22.4 Å². The summed E-state index contributed by atoms with van der Waals surface area (Å²) in [5, 5.41) is 6.79. The molecule has 3 aliphatic heterocycles. The SMILES string of the molecule is COc1cccc(NC(=O)C2[C@H]3C=CC4(O3)C(C(=O)NC3CCCCC3C)N(Cc3ccc(Cl)cc3)C(=O)[C@@H]24)c1. The molecule has 2 saturated heterocycles. The van der Waals surface area contributed by atoms with E-state index in [1.54, 1.807) is 48.4 Å². The van der Waals surface area contributed by atoms with Crippen LogP contribution in [-0.4, -0.2) is 53.5 Å². The first kappa shape index (κ1) is 26.8. The summed E-state index contributed by atoms with van der Waals surface area (Å²) in [6.45, 7) is 2.37. The van der Waals surface area contributed by atoms with E-state index in [0.717, 1.165) is 31.2 Å². The van der Waals surface area contributed by atoms with Gasteiger partial charge in [0.05, 0.1) is 25.0 Å². The quantitative estimate of drug-likeness (QED) is 0.489. The molecule has 8 nitrogen and oxygen atoms in total. The Hall–Kier alpha value is -3.36. The summed E-state index contributed by atoms with van der Waals surface area (Å²) in [4.78, 5) is 43.5. The van der Waals surface area contributed by atoms with Gasteiger partial charge in [-0.25, -0.2) is 0 Å². The van der Waals surface area contributed by atoms with E-state index < -0.39 is 29.6 Å². The number of carbonyl (C=O) groups is 3. The smallest absolute Gasteiger partial charge is 0.246 e. The monoisotopic (exact) mass is 563 g/mol. The first-order chi connectivity index (χ1) is 19.3. The van der Waals surface area contributed by atoms with Crippen molar-refractivity contribution in [2.45, 2.75) is 62.9 Å². The van der Waals surface area contributed by atoms with Gasteiger partial charge in [0.2, 0.25) is 17.7 Å². The van der Waals surface area contributed by atoms with Crippen molar-refractivity contribution in [2.75, 3.05) is 12.4 Å². The van der Waals surface area contributed by atoms with E-state index in [1.165, 1.54) is 0 Å². The average molecular weight is 564 g/mol. The summed E-state index contributed by atoms with van der Waals surface area (Å²) in [5.41, 5.74) is 0.190. The zero-order valence-corrected chi connectivity index (χ0v) is 23.4. The lowest BCUT2D eigenvalue weighted by molar-refractivity contribution is -0.142. The molecule has 2 aromatic carbocycles. The van der Waals surface area contributed by atoms with E-state index in [9.17, 15) is 14.4 Å². The number of amides is 3. The van der Waals surface area contributed by atoms with Gasteiger partial charge in [0.25, 0.3) is 0 Å². The van der Waals surface area contributed by atoms with Crippen LogP contribution in [0.2, 0.25) is 5.02 Å². The van der Waals surface area contributed by atoms with Crippen LogP contribution >= 0.6 is 11.6 Å². The minimum Gasteiger partial charge on any atom is -0.497 e. The molecule has 2 aromatic rings. The van der Waals surface area contributed by atoms with E-state index in [2.05, 4.69) is 17.6 Å². The van der Waals surface area contributed by atoms with Crippen molar-refractivity contribution in [3.63, 3.8) is 0 Å². The van der Waals surface area contributed by atoms with E-state index in [1.807, 2.05) is 24.3 Å². The van der Waals surface area contributed by atoms with Gasteiger partial charge in [-0.3, -0.25) is 14.4 Å². The third-order valence-corrected chi connectivity index (χ3v) is 9.22. The summed E-state index contributed by atoms with van der Waals surface area (Å²) in [6, 6.07) is 13.4. The van der Waals surface area contributed by atoms with Crippen molar-refractivity contribution < 1.29 is 23.9 Å². The Morgan fingerprint density at radius 3 is 2.65 bits per heavy atom. The van der Waals surface area contributed by atoms with Crippen molar-refractivity contribution in [1.82, 2.24) is 10.2 Å². The Morgan fingerprint density at radius 1 is 1.12 bits per heavy atom. The molecule has 2 N–H and O–H groups in total. The maximum Gasteiger partial charge on any atom is 0.246 e. The van der Waals surface area contributed by atoms with Crippen molar-refractivity contribution >= 4 is 35.0 Å². The number of benzene rings is 2. The van der Waals surface area contributed by atoms with Gasteiger partial charge in [0.15, 0.2) is 0 Å². The second-order valence-corrected chi connectivity index (χ2v) is 11.8. The van der Waals surface area contributed by atoms with Crippen LogP contribution in [0.5, 0.6) is 5.75 Å². The first-order valence-electron chi connectivity index (χ1n) is 14.0. The molecule has 3 heterocycles. The zero-order chi connectivity index (χ0) is 28.0. The van der Waals surface area contributed by atoms with Crippen molar-refractivity contribution in [3.8, 4) is 5.75 Å². The fourth-order valence-corrected chi connectivity index (χ4v) is 7.07. The van der Waals surface area contributed by atoms with Gasteiger partial charge in [-0.05, 0) is 48.6 Å². The van der Waals surface area contributed by atoms with Crippen LogP contribution in [-0.2, 0) is 25.7 Å². The van der Waals surface area contributed by atoms with Crippen molar-refractivity contribution in [1.29, 1.82) is 0 Å². The third kappa shape index (κ3) is 4.57. The summed E-state index contributed by atoms with van der Waals surface area (Å²) in [6.07, 6.45) is 7.25. The van der Waals surface area contributed by atoms with Gasteiger partial charge < -0.3 is 25.0 Å². The van der Waals surface area contributed by atoms with Gasteiger partial charge in [-0.1, -0.05) is 61.7 Å². The zero-order valence-electron chi connectivity index (χ0n) is 22.6. The molecule has 1 saturated carbocycles. The number of ether oxygens (including phenoxy) is 2. The van der Waals surface area contributed by atoms with Crippen LogP contribution in [0.25, 0.3) is 0 Å². The van der Waals surface area contributed by atoms with Crippen molar-refractivity contribution in [2.24, 2.45) is 17.8 Å². The molecule has 4 aliphatic rings. The number of rotatable bonds is 7. The van der Waals surface area contributed by atoms with Gasteiger partial charge in [0.1, 0.15) is 17.4 Å². The van der Waals surface area contributed by atoms with Gasteiger partial charge in [-0.15, -0.1) is 0 Å². The van der Waals surface area contributed by atoms with Gasteiger partial charge >= 0.3 is 0 Å². The summed E-state index contributed by atoms with van der Waals surface area (Å²) >= 11 is 6.10. The van der Waals surface area contributed by atoms with E-state index in [4.69, 9.17) is 21.1 Å². The fourth-order valence-electron chi connectivity index (χ4n) is 6.94. The third-order valence-electron chi connectivity index (χ3n) is 8.97. The predicted octanol–water partition coefficient (Wildman–Crippen LogP) is 4.33. The molecular weight excluding hydrogens is 530 g/mol. The Balaban J connectivity index is 1.32. The van der Waals surface area contributed by atoms with Gasteiger partial charge in [-0.2, -0.15) is 0 Å². The molecule has 210 valence electrons. The Morgan fingerprint density at radius 2 is 1.90 bits per heavy atom. The Kier molecular flexibility index (Phi) is 7.09. The Labute approximate surface area is 239 Å². The topological polar surface area (TPSA) is 97.0 Å². The predicted molar refractivity (Wildman–Crippen MR) is 151 cm³/mol. The molecule has 0 radical (unpaired) electrons. The highest BCUT2D eigenvalue weighted by atomic mass is 35.5. The number of anilines is 1. The largest absolute Gasteiger partial charge is 0.497 e. The number of methoxy groups -OCH3 is 1. The number of hydrogen-bond acceptors (Lipinski definition) is 5. The van der Waals surface area contributed by atoms with E-state index >= 15 is 0 Å². The number of carbonyl (C=O) groups excluding carboxylic acids is 3. The van der Waals surface area contributed by atoms with Crippen LogP contribution < -0.4 is 15.4 Å². The molecule has 7 atom stereocenters. The molecule has 6 rings (SSSR count). The van der Waals surface area contributed by atoms with E-state index in [-0.39, 0.29) is 30.3 Å². The number of nitrogens with zero attached hydrogens (tertiary/aromatic N) is 1. The Bertz CT molecular complexity index is 1350. The van der Waals surface area contributed by atoms with Crippen LogP contribution in [0.1, 0.15) is 38.2 Å². The summed E-state index contributed by atoms with van der Waals surface area (Å²) in [7, 11) is 1.56. The number of nitrogens with one attached hydrogen (secondary N) is 2. The average Bonchev–Trinajstić information content (AvgIpc) is 3.59. The van der Waals surface area contributed by atoms with Crippen LogP contribution in [0, 0.1) is 17.8 Å². The normalized spacial score (nSPS) is 32.2. The number of halogens is 1. The maximum atomic E-state index is 14.2. The van der Waals surface area contributed by atoms with Gasteiger partial charge in [0, 0.05) is 29.4 Å². The highest BCUT2D eigenvalue weighted by Crippen LogP contribution is 2.55. The van der Waals surface area contributed by atoms with Crippen LogP contribution in [0.3, 0.4) is 0 Å². The minimum atomic E-state index is -1.22. The minimum absolute atomic E-state index is 0.0407. The number of fused-ring (bicyclic) bond motifs is 1. The molecule has 1 spiro atoms. The lowest BCUT2D eigenvalue weighted by atomic mass is 9.74. The molecule has 0 aromatic heterocycles. The molecule has 2 bridgehead atoms. The second kappa shape index (κ2) is 10.6. The molecule has 3 fully saturated rings. The molecule has 1 aliphatic carbocycles. The molecule has 5 unspecified atom stereocenters. The fraction of sp³-hybridized carbons (Fsp3) is 0.452. The highest BCUT2D eigenvalue weighted by Gasteiger charge is 2.72. The lowest BCUT2D eigenvalue weighted by Crippen LogP contribution is -2.57.